The quantitative estimate of drug-likeness (QED) is 0.698. The summed E-state index contributed by atoms with van der Waals surface area (Å²) in [6.45, 7) is 6.57. The average molecular weight is 200 g/mol. The third kappa shape index (κ3) is 3.07. The molecule has 1 rings (SSSR count). The van der Waals surface area contributed by atoms with E-state index in [0.717, 1.165) is 6.42 Å². The highest BCUT2D eigenvalue weighted by Crippen LogP contribution is 2.32. The fraction of sp³-hybridized carbons (Fsp3) is 0.909. The van der Waals surface area contributed by atoms with Crippen LogP contribution >= 0.6 is 0 Å². The molecule has 0 N–H and O–H groups in total. The molecule has 0 aliphatic carbocycles. The van der Waals surface area contributed by atoms with Crippen molar-refractivity contribution in [3.05, 3.63) is 0 Å². The van der Waals surface area contributed by atoms with Crippen LogP contribution in [0.3, 0.4) is 0 Å². The SMILES string of the molecule is COC(C)(C)CC1(C)CC(=O)CCO1. The van der Waals surface area contributed by atoms with Crippen molar-refractivity contribution in [3.63, 3.8) is 0 Å². The fourth-order valence-electron chi connectivity index (χ4n) is 2.05. The molecule has 3 nitrogen and oxygen atoms in total. The molecule has 0 amide bonds. The lowest BCUT2D eigenvalue weighted by Gasteiger charge is -2.38. The van der Waals surface area contributed by atoms with Gasteiger partial charge in [-0.1, -0.05) is 0 Å². The van der Waals surface area contributed by atoms with Gasteiger partial charge in [-0.15, -0.1) is 0 Å². The average Bonchev–Trinajstić information content (AvgIpc) is 2.01. The highest BCUT2D eigenvalue weighted by atomic mass is 16.5. The summed E-state index contributed by atoms with van der Waals surface area (Å²) in [5, 5.41) is 0. The predicted octanol–water partition coefficient (Wildman–Crippen LogP) is 1.94. The first-order valence-electron chi connectivity index (χ1n) is 5.08. The third-order valence-electron chi connectivity index (χ3n) is 2.75. The van der Waals surface area contributed by atoms with Crippen LogP contribution in [0.2, 0.25) is 0 Å². The third-order valence-corrected chi connectivity index (χ3v) is 2.75. The maximum Gasteiger partial charge on any atom is 0.138 e. The zero-order valence-electron chi connectivity index (χ0n) is 9.55. The second-order valence-corrected chi connectivity index (χ2v) is 4.90. The number of rotatable bonds is 3. The predicted molar refractivity (Wildman–Crippen MR) is 54.3 cm³/mol. The zero-order valence-corrected chi connectivity index (χ0v) is 9.55. The van der Waals surface area contributed by atoms with Crippen molar-refractivity contribution < 1.29 is 14.3 Å². The Kier molecular flexibility index (Phi) is 3.32. The Morgan fingerprint density at radius 3 is 2.71 bits per heavy atom. The van der Waals surface area contributed by atoms with Crippen LogP contribution in [-0.2, 0) is 14.3 Å². The molecule has 1 fully saturated rings. The molecule has 1 heterocycles. The molecule has 14 heavy (non-hydrogen) atoms. The highest BCUT2D eigenvalue weighted by molar-refractivity contribution is 5.80. The van der Waals surface area contributed by atoms with Crippen molar-refractivity contribution in [3.8, 4) is 0 Å². The number of carbonyl (C=O) groups excluding carboxylic acids is 1. The second-order valence-electron chi connectivity index (χ2n) is 4.90. The Labute approximate surface area is 85.8 Å². The van der Waals surface area contributed by atoms with E-state index in [-0.39, 0.29) is 11.2 Å². The van der Waals surface area contributed by atoms with Crippen molar-refractivity contribution >= 4 is 5.78 Å². The van der Waals surface area contributed by atoms with Gasteiger partial charge in [0.15, 0.2) is 0 Å². The molecule has 1 aliphatic rings. The number of hydrogen-bond donors (Lipinski definition) is 0. The van der Waals surface area contributed by atoms with Crippen molar-refractivity contribution in [2.45, 2.75) is 51.2 Å². The van der Waals surface area contributed by atoms with E-state index >= 15 is 0 Å². The van der Waals surface area contributed by atoms with E-state index in [4.69, 9.17) is 9.47 Å². The van der Waals surface area contributed by atoms with Gasteiger partial charge in [0.05, 0.1) is 17.8 Å². The first-order chi connectivity index (χ1) is 6.37. The monoisotopic (exact) mass is 200 g/mol. The Balaban J connectivity index is 2.61. The summed E-state index contributed by atoms with van der Waals surface area (Å²) in [6, 6.07) is 0. The van der Waals surface area contributed by atoms with Crippen LogP contribution in [0.5, 0.6) is 0 Å². The topological polar surface area (TPSA) is 35.5 Å². The molecular formula is C11H20O3. The van der Waals surface area contributed by atoms with E-state index in [9.17, 15) is 4.79 Å². The molecule has 1 atom stereocenters. The van der Waals surface area contributed by atoms with Crippen LogP contribution in [0.25, 0.3) is 0 Å². The smallest absolute Gasteiger partial charge is 0.138 e. The maximum absolute atomic E-state index is 11.3. The minimum Gasteiger partial charge on any atom is -0.379 e. The van der Waals surface area contributed by atoms with E-state index < -0.39 is 0 Å². The van der Waals surface area contributed by atoms with Crippen molar-refractivity contribution in [1.29, 1.82) is 0 Å². The van der Waals surface area contributed by atoms with Crippen molar-refractivity contribution in [2.75, 3.05) is 13.7 Å². The van der Waals surface area contributed by atoms with Crippen LogP contribution in [0.1, 0.15) is 40.0 Å². The van der Waals surface area contributed by atoms with Gasteiger partial charge in [0.2, 0.25) is 0 Å². The Hall–Kier alpha value is -0.410. The van der Waals surface area contributed by atoms with Gasteiger partial charge in [-0.05, 0) is 20.8 Å². The van der Waals surface area contributed by atoms with E-state index in [0.29, 0.717) is 25.2 Å². The zero-order chi connectivity index (χ0) is 10.8. The molecule has 0 radical (unpaired) electrons. The molecule has 0 spiro atoms. The summed E-state index contributed by atoms with van der Waals surface area (Å²) in [5.74, 6) is 0.297. The first-order valence-corrected chi connectivity index (χ1v) is 5.08. The van der Waals surface area contributed by atoms with Crippen LogP contribution in [-0.4, -0.2) is 30.7 Å². The first kappa shape index (κ1) is 11.7. The molecule has 0 saturated carbocycles. The Bertz CT molecular complexity index is 223. The van der Waals surface area contributed by atoms with Gasteiger partial charge in [0.1, 0.15) is 5.78 Å². The van der Waals surface area contributed by atoms with Gasteiger partial charge in [-0.3, -0.25) is 4.79 Å². The number of ether oxygens (including phenoxy) is 2. The van der Waals surface area contributed by atoms with Gasteiger partial charge in [-0.2, -0.15) is 0 Å². The fourth-order valence-corrected chi connectivity index (χ4v) is 2.05. The summed E-state index contributed by atoms with van der Waals surface area (Å²) in [7, 11) is 1.69. The van der Waals surface area contributed by atoms with Gasteiger partial charge in [-0.25, -0.2) is 0 Å². The van der Waals surface area contributed by atoms with E-state index in [1.807, 2.05) is 20.8 Å². The molecule has 3 heteroatoms. The summed E-state index contributed by atoms with van der Waals surface area (Å²) >= 11 is 0. The number of ketones is 1. The molecule has 82 valence electrons. The van der Waals surface area contributed by atoms with Gasteiger partial charge in [0, 0.05) is 26.4 Å². The number of carbonyl (C=O) groups is 1. The summed E-state index contributed by atoms with van der Waals surface area (Å²) in [5.41, 5.74) is -0.568. The van der Waals surface area contributed by atoms with E-state index in [1.165, 1.54) is 0 Å². The summed E-state index contributed by atoms with van der Waals surface area (Å²) in [4.78, 5) is 11.3. The highest BCUT2D eigenvalue weighted by Gasteiger charge is 2.37. The standard InChI is InChI=1S/C11H20O3/c1-10(2,13-4)8-11(3)7-9(12)5-6-14-11/h5-8H2,1-4H3. The number of hydrogen-bond acceptors (Lipinski definition) is 3. The lowest BCUT2D eigenvalue weighted by atomic mass is 9.84. The van der Waals surface area contributed by atoms with Crippen LogP contribution in [0.4, 0.5) is 0 Å². The molecule has 0 aromatic rings. The maximum atomic E-state index is 11.3. The van der Waals surface area contributed by atoms with Crippen LogP contribution < -0.4 is 0 Å². The lowest BCUT2D eigenvalue weighted by Crippen LogP contribution is -2.43. The second kappa shape index (κ2) is 3.99. The largest absolute Gasteiger partial charge is 0.379 e. The number of methoxy groups -OCH3 is 1. The van der Waals surface area contributed by atoms with Crippen molar-refractivity contribution in [1.82, 2.24) is 0 Å². The van der Waals surface area contributed by atoms with Crippen LogP contribution in [0, 0.1) is 0 Å². The van der Waals surface area contributed by atoms with Gasteiger partial charge >= 0.3 is 0 Å². The van der Waals surface area contributed by atoms with Gasteiger partial charge < -0.3 is 9.47 Å². The number of Topliss-reactive ketones (excluding diaryl/α,β-unsaturated/α-hetero) is 1. The van der Waals surface area contributed by atoms with Crippen LogP contribution in [0.15, 0.2) is 0 Å². The molecule has 1 unspecified atom stereocenters. The normalized spacial score (nSPS) is 29.3. The molecular weight excluding hydrogens is 180 g/mol. The Morgan fingerprint density at radius 2 is 2.21 bits per heavy atom. The van der Waals surface area contributed by atoms with Gasteiger partial charge in [0.25, 0.3) is 0 Å². The molecule has 1 saturated heterocycles. The minimum atomic E-state index is -0.338. The summed E-state index contributed by atoms with van der Waals surface area (Å²) < 4.78 is 11.0. The molecule has 1 aliphatic heterocycles. The summed E-state index contributed by atoms with van der Waals surface area (Å²) in [6.07, 6.45) is 1.82. The Morgan fingerprint density at radius 1 is 1.57 bits per heavy atom. The van der Waals surface area contributed by atoms with Crippen molar-refractivity contribution in [2.24, 2.45) is 0 Å². The molecule has 0 aromatic heterocycles. The van der Waals surface area contributed by atoms with E-state index in [1.54, 1.807) is 7.11 Å². The molecule has 0 aromatic carbocycles. The lowest BCUT2D eigenvalue weighted by molar-refractivity contribution is -0.147. The van der Waals surface area contributed by atoms with E-state index in [2.05, 4.69) is 0 Å². The molecule has 0 bridgehead atoms. The minimum absolute atomic E-state index is 0.230.